The molecular weight excluding hydrogens is 248 g/mol. The minimum absolute atomic E-state index is 0.213. The SMILES string of the molecule is CC(C)NCc1ccc(NC(=O)C2CC3CC3C2)cc1. The molecular formula is C17H24N2O. The van der Waals surface area contributed by atoms with Gasteiger partial charge in [-0.15, -0.1) is 0 Å². The summed E-state index contributed by atoms with van der Waals surface area (Å²) in [7, 11) is 0. The summed E-state index contributed by atoms with van der Waals surface area (Å²) in [6.07, 6.45) is 3.57. The molecule has 2 unspecified atom stereocenters. The molecule has 0 saturated heterocycles. The molecule has 2 atom stereocenters. The topological polar surface area (TPSA) is 41.1 Å². The van der Waals surface area contributed by atoms with Crippen molar-refractivity contribution in [1.82, 2.24) is 5.32 Å². The summed E-state index contributed by atoms with van der Waals surface area (Å²) >= 11 is 0. The minimum atomic E-state index is 0.213. The zero-order valence-corrected chi connectivity index (χ0v) is 12.4. The number of fused-ring (bicyclic) bond motifs is 1. The van der Waals surface area contributed by atoms with Crippen molar-refractivity contribution in [3.8, 4) is 0 Å². The third kappa shape index (κ3) is 3.21. The van der Waals surface area contributed by atoms with E-state index < -0.39 is 0 Å². The van der Waals surface area contributed by atoms with Gasteiger partial charge in [0.15, 0.2) is 0 Å². The molecule has 3 nitrogen and oxygen atoms in total. The Morgan fingerprint density at radius 1 is 1.15 bits per heavy atom. The molecule has 2 N–H and O–H groups in total. The van der Waals surface area contributed by atoms with Gasteiger partial charge in [-0.2, -0.15) is 0 Å². The molecule has 0 bridgehead atoms. The fourth-order valence-corrected chi connectivity index (χ4v) is 3.20. The van der Waals surface area contributed by atoms with Gasteiger partial charge in [0.2, 0.25) is 5.91 Å². The Morgan fingerprint density at radius 2 is 1.80 bits per heavy atom. The summed E-state index contributed by atoms with van der Waals surface area (Å²) in [5, 5.41) is 6.45. The first-order chi connectivity index (χ1) is 9.61. The molecule has 2 fully saturated rings. The summed E-state index contributed by atoms with van der Waals surface area (Å²) < 4.78 is 0. The summed E-state index contributed by atoms with van der Waals surface area (Å²) in [6, 6.07) is 8.66. The number of benzene rings is 1. The molecule has 2 aliphatic carbocycles. The van der Waals surface area contributed by atoms with Gasteiger partial charge in [0.25, 0.3) is 0 Å². The number of carbonyl (C=O) groups excluding carboxylic acids is 1. The van der Waals surface area contributed by atoms with Crippen molar-refractivity contribution >= 4 is 11.6 Å². The fourth-order valence-electron chi connectivity index (χ4n) is 3.20. The highest BCUT2D eigenvalue weighted by molar-refractivity contribution is 5.92. The maximum absolute atomic E-state index is 12.2. The van der Waals surface area contributed by atoms with Crippen molar-refractivity contribution in [2.24, 2.45) is 17.8 Å². The molecule has 2 saturated carbocycles. The van der Waals surface area contributed by atoms with Crippen LogP contribution in [0.2, 0.25) is 0 Å². The number of hydrogen-bond donors (Lipinski definition) is 2. The van der Waals surface area contributed by atoms with Crippen LogP contribution in [0.15, 0.2) is 24.3 Å². The lowest BCUT2D eigenvalue weighted by Crippen LogP contribution is -2.22. The lowest BCUT2D eigenvalue weighted by atomic mass is 10.0. The molecule has 3 rings (SSSR count). The van der Waals surface area contributed by atoms with Gasteiger partial charge in [0, 0.05) is 24.2 Å². The van der Waals surface area contributed by atoms with E-state index in [-0.39, 0.29) is 11.8 Å². The quantitative estimate of drug-likeness (QED) is 0.864. The average molecular weight is 272 g/mol. The van der Waals surface area contributed by atoms with Gasteiger partial charge < -0.3 is 10.6 Å². The normalized spacial score (nSPS) is 27.4. The zero-order valence-electron chi connectivity index (χ0n) is 12.4. The van der Waals surface area contributed by atoms with Crippen molar-refractivity contribution in [2.45, 2.75) is 45.7 Å². The second-order valence-corrected chi connectivity index (χ2v) is 6.65. The third-order valence-corrected chi connectivity index (χ3v) is 4.55. The van der Waals surface area contributed by atoms with E-state index in [1.165, 1.54) is 12.0 Å². The Morgan fingerprint density at radius 3 is 2.40 bits per heavy atom. The van der Waals surface area contributed by atoms with E-state index in [0.717, 1.165) is 36.9 Å². The van der Waals surface area contributed by atoms with E-state index in [1.807, 2.05) is 12.1 Å². The molecule has 0 aliphatic heterocycles. The Hall–Kier alpha value is -1.35. The van der Waals surface area contributed by atoms with Crippen molar-refractivity contribution in [2.75, 3.05) is 5.32 Å². The summed E-state index contributed by atoms with van der Waals surface area (Å²) in [4.78, 5) is 12.2. The summed E-state index contributed by atoms with van der Waals surface area (Å²) in [5.41, 5.74) is 2.17. The number of rotatable bonds is 5. The van der Waals surface area contributed by atoms with Crippen molar-refractivity contribution in [3.63, 3.8) is 0 Å². The molecule has 20 heavy (non-hydrogen) atoms. The molecule has 2 aliphatic rings. The van der Waals surface area contributed by atoms with Crippen molar-refractivity contribution in [3.05, 3.63) is 29.8 Å². The Labute approximate surface area is 121 Å². The lowest BCUT2D eigenvalue weighted by molar-refractivity contribution is -0.120. The first kappa shape index (κ1) is 13.6. The van der Waals surface area contributed by atoms with Crippen LogP contribution in [0.1, 0.15) is 38.7 Å². The predicted octanol–water partition coefficient (Wildman–Crippen LogP) is 3.17. The standard InChI is InChI=1S/C17H24N2O/c1-11(2)18-10-12-3-5-16(6-4-12)19-17(20)15-8-13-7-14(13)9-15/h3-6,11,13-15,18H,7-10H2,1-2H3,(H,19,20). The molecule has 0 heterocycles. The molecule has 0 spiro atoms. The minimum Gasteiger partial charge on any atom is -0.326 e. The molecule has 3 heteroatoms. The summed E-state index contributed by atoms with van der Waals surface area (Å²) in [6.45, 7) is 5.15. The van der Waals surface area contributed by atoms with Gasteiger partial charge >= 0.3 is 0 Å². The number of anilines is 1. The highest BCUT2D eigenvalue weighted by Crippen LogP contribution is 2.54. The van der Waals surface area contributed by atoms with E-state index in [2.05, 4.69) is 36.6 Å². The number of carbonyl (C=O) groups is 1. The van der Waals surface area contributed by atoms with Crippen LogP contribution >= 0.6 is 0 Å². The maximum Gasteiger partial charge on any atom is 0.227 e. The molecule has 0 radical (unpaired) electrons. The number of nitrogens with one attached hydrogen (secondary N) is 2. The van der Waals surface area contributed by atoms with Gasteiger partial charge in [0.05, 0.1) is 0 Å². The number of amides is 1. The predicted molar refractivity (Wildman–Crippen MR) is 81.4 cm³/mol. The van der Waals surface area contributed by atoms with Crippen molar-refractivity contribution < 1.29 is 4.79 Å². The van der Waals surface area contributed by atoms with Gasteiger partial charge in [-0.3, -0.25) is 4.79 Å². The van der Waals surface area contributed by atoms with Crippen LogP contribution in [0, 0.1) is 17.8 Å². The molecule has 108 valence electrons. The van der Waals surface area contributed by atoms with Crippen LogP contribution < -0.4 is 10.6 Å². The first-order valence-corrected chi connectivity index (χ1v) is 7.75. The van der Waals surface area contributed by atoms with Crippen LogP contribution in [0.3, 0.4) is 0 Å². The van der Waals surface area contributed by atoms with Crippen LogP contribution in [0.25, 0.3) is 0 Å². The van der Waals surface area contributed by atoms with Gasteiger partial charge in [0.1, 0.15) is 0 Å². The molecule has 1 aromatic carbocycles. The highest BCUT2D eigenvalue weighted by atomic mass is 16.1. The monoisotopic (exact) mass is 272 g/mol. The average Bonchev–Trinajstić information content (AvgIpc) is 3.04. The molecule has 1 aromatic rings. The third-order valence-electron chi connectivity index (χ3n) is 4.55. The van der Waals surface area contributed by atoms with Gasteiger partial charge in [-0.05, 0) is 48.8 Å². The Bertz CT molecular complexity index is 470. The van der Waals surface area contributed by atoms with Crippen LogP contribution in [-0.2, 0) is 11.3 Å². The second kappa shape index (κ2) is 5.57. The largest absolute Gasteiger partial charge is 0.326 e. The van der Waals surface area contributed by atoms with Gasteiger partial charge in [-0.1, -0.05) is 26.0 Å². The maximum atomic E-state index is 12.2. The Kier molecular flexibility index (Phi) is 3.79. The van der Waals surface area contributed by atoms with Crippen molar-refractivity contribution in [1.29, 1.82) is 0 Å². The van der Waals surface area contributed by atoms with E-state index in [4.69, 9.17) is 0 Å². The van der Waals surface area contributed by atoms with E-state index in [0.29, 0.717) is 6.04 Å². The molecule has 0 aromatic heterocycles. The molecule has 1 amide bonds. The van der Waals surface area contributed by atoms with E-state index in [9.17, 15) is 4.79 Å². The van der Waals surface area contributed by atoms with Crippen LogP contribution in [0.5, 0.6) is 0 Å². The second-order valence-electron chi connectivity index (χ2n) is 6.65. The fraction of sp³-hybridized carbons (Fsp3) is 0.588. The summed E-state index contributed by atoms with van der Waals surface area (Å²) in [5.74, 6) is 2.18. The van der Waals surface area contributed by atoms with E-state index >= 15 is 0 Å². The highest BCUT2D eigenvalue weighted by Gasteiger charge is 2.47. The van der Waals surface area contributed by atoms with Crippen LogP contribution in [0.4, 0.5) is 5.69 Å². The lowest BCUT2D eigenvalue weighted by Gasteiger charge is -2.13. The van der Waals surface area contributed by atoms with E-state index in [1.54, 1.807) is 0 Å². The smallest absolute Gasteiger partial charge is 0.227 e. The zero-order chi connectivity index (χ0) is 14.1. The Balaban J connectivity index is 1.51. The first-order valence-electron chi connectivity index (χ1n) is 7.75. The van der Waals surface area contributed by atoms with Crippen LogP contribution in [-0.4, -0.2) is 11.9 Å². The number of hydrogen-bond acceptors (Lipinski definition) is 2. The van der Waals surface area contributed by atoms with Gasteiger partial charge in [-0.25, -0.2) is 0 Å².